The molecule has 0 unspecified atom stereocenters. The molecule has 0 radical (unpaired) electrons. The molecule has 1 amide bonds. The maximum atomic E-state index is 14.0. The summed E-state index contributed by atoms with van der Waals surface area (Å²) in [5.74, 6) is -3.74. The fraction of sp³-hybridized carbons (Fsp3) is 0. The zero-order chi connectivity index (χ0) is 18.0. The Morgan fingerprint density at radius 3 is 2.24 bits per heavy atom. The highest BCUT2D eigenvalue weighted by molar-refractivity contribution is 6.06. The molecule has 0 aromatic heterocycles. The average Bonchev–Trinajstić information content (AvgIpc) is 2.61. The first-order chi connectivity index (χ1) is 12.0. The lowest BCUT2D eigenvalue weighted by Crippen LogP contribution is -2.13. The van der Waals surface area contributed by atoms with Gasteiger partial charge in [-0.2, -0.15) is 0 Å². The van der Waals surface area contributed by atoms with E-state index in [1.807, 2.05) is 0 Å². The molecule has 3 nitrogen and oxygen atoms in total. The van der Waals surface area contributed by atoms with Crippen molar-refractivity contribution in [3.63, 3.8) is 0 Å². The molecule has 0 atom stereocenters. The second-order valence-corrected chi connectivity index (χ2v) is 5.37. The van der Waals surface area contributed by atoms with Gasteiger partial charge < -0.3 is 11.1 Å². The molecular formula is C19H13F3N2O. The lowest BCUT2D eigenvalue weighted by molar-refractivity contribution is 0.102. The molecule has 3 aromatic carbocycles. The van der Waals surface area contributed by atoms with E-state index in [4.69, 9.17) is 5.73 Å². The van der Waals surface area contributed by atoms with Crippen LogP contribution in [0.3, 0.4) is 0 Å². The van der Waals surface area contributed by atoms with E-state index in [0.29, 0.717) is 11.6 Å². The lowest BCUT2D eigenvalue weighted by atomic mass is 10.0. The summed E-state index contributed by atoms with van der Waals surface area (Å²) in [5, 5.41) is 2.63. The third kappa shape index (κ3) is 3.47. The maximum absolute atomic E-state index is 14.0. The Morgan fingerprint density at radius 1 is 0.840 bits per heavy atom. The predicted octanol–water partition coefficient (Wildman–Crippen LogP) is 4.61. The van der Waals surface area contributed by atoms with Crippen molar-refractivity contribution < 1.29 is 18.0 Å². The van der Waals surface area contributed by atoms with Crippen molar-refractivity contribution in [3.05, 3.63) is 83.7 Å². The van der Waals surface area contributed by atoms with Crippen molar-refractivity contribution in [2.45, 2.75) is 0 Å². The summed E-state index contributed by atoms with van der Waals surface area (Å²) in [5.41, 5.74) is 6.90. The summed E-state index contributed by atoms with van der Waals surface area (Å²) < 4.78 is 40.5. The van der Waals surface area contributed by atoms with Crippen LogP contribution in [0.4, 0.5) is 24.5 Å². The number of amides is 1. The highest BCUT2D eigenvalue weighted by Crippen LogP contribution is 2.30. The van der Waals surface area contributed by atoms with Crippen molar-refractivity contribution in [2.24, 2.45) is 0 Å². The molecule has 0 bridgehead atoms. The van der Waals surface area contributed by atoms with E-state index in [1.165, 1.54) is 18.2 Å². The van der Waals surface area contributed by atoms with E-state index in [9.17, 15) is 18.0 Å². The molecule has 6 heteroatoms. The van der Waals surface area contributed by atoms with Gasteiger partial charge in [0.15, 0.2) is 11.6 Å². The van der Waals surface area contributed by atoms with E-state index < -0.39 is 23.4 Å². The van der Waals surface area contributed by atoms with Gasteiger partial charge in [0, 0.05) is 17.2 Å². The highest BCUT2D eigenvalue weighted by atomic mass is 19.2. The number of nitrogen functional groups attached to an aromatic ring is 1. The summed E-state index contributed by atoms with van der Waals surface area (Å²) in [4.78, 5) is 12.2. The number of carbonyl (C=O) groups is 1. The molecule has 0 saturated carbocycles. The normalized spacial score (nSPS) is 10.5. The molecule has 3 aromatic rings. The van der Waals surface area contributed by atoms with Gasteiger partial charge in [-0.1, -0.05) is 24.3 Å². The number of hydrogen-bond donors (Lipinski definition) is 2. The Labute approximate surface area is 141 Å². The Balaban J connectivity index is 1.96. The smallest absolute Gasteiger partial charge is 0.255 e. The molecule has 0 heterocycles. The number of carbonyl (C=O) groups excluding carboxylic acids is 1. The zero-order valence-corrected chi connectivity index (χ0v) is 12.9. The van der Waals surface area contributed by atoms with Crippen LogP contribution in [-0.4, -0.2) is 5.91 Å². The first kappa shape index (κ1) is 16.6. The zero-order valence-electron chi connectivity index (χ0n) is 12.9. The van der Waals surface area contributed by atoms with Gasteiger partial charge in [-0.15, -0.1) is 0 Å². The van der Waals surface area contributed by atoms with Gasteiger partial charge in [0.1, 0.15) is 5.82 Å². The van der Waals surface area contributed by atoms with Crippen LogP contribution in [0.25, 0.3) is 11.1 Å². The van der Waals surface area contributed by atoms with Crippen molar-refractivity contribution in [1.29, 1.82) is 0 Å². The Hall–Kier alpha value is -3.28. The van der Waals surface area contributed by atoms with Crippen molar-refractivity contribution in [2.75, 3.05) is 11.1 Å². The third-order valence-corrected chi connectivity index (χ3v) is 3.66. The fourth-order valence-corrected chi connectivity index (χ4v) is 2.36. The molecule has 0 saturated heterocycles. The molecule has 0 aliphatic carbocycles. The summed E-state index contributed by atoms with van der Waals surface area (Å²) in [7, 11) is 0. The number of anilines is 2. The molecule has 0 aliphatic heterocycles. The molecule has 126 valence electrons. The van der Waals surface area contributed by atoms with Gasteiger partial charge in [-0.3, -0.25) is 4.79 Å². The minimum absolute atomic E-state index is 0.130. The summed E-state index contributed by atoms with van der Waals surface area (Å²) in [6.07, 6.45) is 0. The van der Waals surface area contributed by atoms with Crippen LogP contribution in [0.5, 0.6) is 0 Å². The van der Waals surface area contributed by atoms with Gasteiger partial charge in [0.05, 0.1) is 11.4 Å². The Kier molecular flexibility index (Phi) is 4.43. The second kappa shape index (κ2) is 6.68. The first-order valence-electron chi connectivity index (χ1n) is 7.36. The lowest BCUT2D eigenvalue weighted by Gasteiger charge is -2.11. The van der Waals surface area contributed by atoms with Crippen LogP contribution in [0.1, 0.15) is 10.4 Å². The molecule has 0 aliphatic rings. The SMILES string of the molecule is Nc1ccc(-c2cc(F)c(F)cc2F)cc1NC(=O)c1ccccc1. The summed E-state index contributed by atoms with van der Waals surface area (Å²) in [6, 6.07) is 14.0. The van der Waals surface area contributed by atoms with E-state index in [2.05, 4.69) is 5.32 Å². The first-order valence-corrected chi connectivity index (χ1v) is 7.36. The van der Waals surface area contributed by atoms with Crippen LogP contribution < -0.4 is 11.1 Å². The summed E-state index contributed by atoms with van der Waals surface area (Å²) in [6.45, 7) is 0. The third-order valence-electron chi connectivity index (χ3n) is 3.66. The van der Waals surface area contributed by atoms with Gasteiger partial charge in [0.2, 0.25) is 0 Å². The molecule has 3 rings (SSSR count). The van der Waals surface area contributed by atoms with Gasteiger partial charge >= 0.3 is 0 Å². The largest absolute Gasteiger partial charge is 0.397 e. The number of hydrogen-bond acceptors (Lipinski definition) is 2. The van der Waals surface area contributed by atoms with E-state index in [0.717, 1.165) is 6.07 Å². The van der Waals surface area contributed by atoms with Crippen molar-refractivity contribution >= 4 is 17.3 Å². The quantitative estimate of drug-likeness (QED) is 0.540. The number of halogens is 3. The second-order valence-electron chi connectivity index (χ2n) is 5.37. The van der Waals surface area contributed by atoms with Gasteiger partial charge in [0.25, 0.3) is 5.91 Å². The predicted molar refractivity (Wildman–Crippen MR) is 90.6 cm³/mol. The molecule has 0 fully saturated rings. The number of rotatable bonds is 3. The Bertz CT molecular complexity index is 943. The number of benzene rings is 3. The van der Waals surface area contributed by atoms with Crippen LogP contribution >= 0.6 is 0 Å². The van der Waals surface area contributed by atoms with Crippen LogP contribution in [0, 0.1) is 17.5 Å². The van der Waals surface area contributed by atoms with E-state index >= 15 is 0 Å². The average molecular weight is 342 g/mol. The van der Waals surface area contributed by atoms with Gasteiger partial charge in [-0.25, -0.2) is 13.2 Å². The standard InChI is InChI=1S/C19H13F3N2O/c20-14-10-16(22)15(21)9-13(14)12-6-7-17(23)18(8-12)24-19(25)11-4-2-1-3-5-11/h1-10H,23H2,(H,24,25). The van der Waals surface area contributed by atoms with E-state index in [-0.39, 0.29) is 22.5 Å². The van der Waals surface area contributed by atoms with Crippen LogP contribution in [-0.2, 0) is 0 Å². The van der Waals surface area contributed by atoms with Crippen molar-refractivity contribution in [1.82, 2.24) is 0 Å². The number of nitrogens with two attached hydrogens (primary N) is 1. The van der Waals surface area contributed by atoms with Crippen LogP contribution in [0.2, 0.25) is 0 Å². The van der Waals surface area contributed by atoms with E-state index in [1.54, 1.807) is 30.3 Å². The molecule has 0 spiro atoms. The minimum Gasteiger partial charge on any atom is -0.397 e. The Morgan fingerprint density at radius 2 is 1.52 bits per heavy atom. The van der Waals surface area contributed by atoms with Gasteiger partial charge in [-0.05, 0) is 35.9 Å². The summed E-state index contributed by atoms with van der Waals surface area (Å²) >= 11 is 0. The highest BCUT2D eigenvalue weighted by Gasteiger charge is 2.14. The monoisotopic (exact) mass is 342 g/mol. The molecule has 25 heavy (non-hydrogen) atoms. The molecular weight excluding hydrogens is 329 g/mol. The molecule has 3 N–H and O–H groups in total. The topological polar surface area (TPSA) is 55.1 Å². The fourth-order valence-electron chi connectivity index (χ4n) is 2.36. The van der Waals surface area contributed by atoms with Crippen LogP contribution in [0.15, 0.2) is 60.7 Å². The maximum Gasteiger partial charge on any atom is 0.255 e. The van der Waals surface area contributed by atoms with Crippen molar-refractivity contribution in [3.8, 4) is 11.1 Å². The number of nitrogens with one attached hydrogen (secondary N) is 1. The minimum atomic E-state index is -1.27.